The third-order valence-electron chi connectivity index (χ3n) is 5.84. The zero-order valence-electron chi connectivity index (χ0n) is 21.5. The molecular formula is C30H28ClN3O4S. The summed E-state index contributed by atoms with van der Waals surface area (Å²) in [6, 6.07) is 28.8. The Labute approximate surface area is 233 Å². The summed E-state index contributed by atoms with van der Waals surface area (Å²) in [5.74, 6) is 0.293. The van der Waals surface area contributed by atoms with Gasteiger partial charge in [-0.25, -0.2) is 13.8 Å². The SMILES string of the molecule is Cc1ccc(CN(c2ccc(C(=O)N/N=C\c3ccc(OCc4ccc(Cl)cc4)cc3)cc2)S(C)(=O)=O)cc1. The van der Waals surface area contributed by atoms with Crippen LogP contribution in [0.25, 0.3) is 0 Å². The molecule has 4 aromatic carbocycles. The molecule has 4 aromatic rings. The molecule has 1 amide bonds. The molecule has 0 unspecified atom stereocenters. The van der Waals surface area contributed by atoms with Gasteiger partial charge < -0.3 is 4.74 Å². The third-order valence-corrected chi connectivity index (χ3v) is 7.24. The van der Waals surface area contributed by atoms with Gasteiger partial charge in [0.15, 0.2) is 0 Å². The van der Waals surface area contributed by atoms with Crippen LogP contribution in [0.15, 0.2) is 102 Å². The van der Waals surface area contributed by atoms with Crippen molar-refractivity contribution in [1.82, 2.24) is 5.43 Å². The number of benzene rings is 4. The number of sulfonamides is 1. The smallest absolute Gasteiger partial charge is 0.271 e. The van der Waals surface area contributed by atoms with E-state index in [1.807, 2.05) is 79.7 Å². The number of amides is 1. The Balaban J connectivity index is 1.32. The summed E-state index contributed by atoms with van der Waals surface area (Å²) in [6.07, 6.45) is 2.69. The van der Waals surface area contributed by atoms with Crippen LogP contribution in [0.5, 0.6) is 5.75 Å². The van der Waals surface area contributed by atoms with Crippen molar-refractivity contribution in [3.05, 3.63) is 130 Å². The summed E-state index contributed by atoms with van der Waals surface area (Å²) in [4.78, 5) is 12.5. The molecule has 0 fully saturated rings. The van der Waals surface area contributed by atoms with Crippen LogP contribution in [-0.4, -0.2) is 26.8 Å². The van der Waals surface area contributed by atoms with E-state index in [4.69, 9.17) is 16.3 Å². The fourth-order valence-corrected chi connectivity index (χ4v) is 4.68. The molecule has 0 aromatic heterocycles. The van der Waals surface area contributed by atoms with Crippen LogP contribution in [0, 0.1) is 6.92 Å². The fraction of sp³-hybridized carbons (Fsp3) is 0.133. The zero-order chi connectivity index (χ0) is 27.8. The van der Waals surface area contributed by atoms with E-state index in [9.17, 15) is 13.2 Å². The molecule has 0 radical (unpaired) electrons. The molecule has 0 saturated heterocycles. The van der Waals surface area contributed by atoms with Crippen molar-refractivity contribution in [3.63, 3.8) is 0 Å². The van der Waals surface area contributed by atoms with Gasteiger partial charge in [-0.1, -0.05) is 53.6 Å². The molecule has 0 saturated carbocycles. The summed E-state index contributed by atoms with van der Waals surface area (Å²) in [7, 11) is -3.53. The largest absolute Gasteiger partial charge is 0.489 e. The van der Waals surface area contributed by atoms with Gasteiger partial charge in [-0.2, -0.15) is 5.10 Å². The number of nitrogens with one attached hydrogen (secondary N) is 1. The highest BCUT2D eigenvalue weighted by Crippen LogP contribution is 2.22. The van der Waals surface area contributed by atoms with Crippen LogP contribution in [0.3, 0.4) is 0 Å². The Hall–Kier alpha value is -4.14. The molecule has 39 heavy (non-hydrogen) atoms. The molecular weight excluding hydrogens is 534 g/mol. The molecule has 200 valence electrons. The average Bonchev–Trinajstić information content (AvgIpc) is 2.92. The van der Waals surface area contributed by atoms with Crippen molar-refractivity contribution in [3.8, 4) is 5.75 Å². The summed E-state index contributed by atoms with van der Waals surface area (Å²) in [6.45, 7) is 2.59. The molecule has 9 heteroatoms. The van der Waals surface area contributed by atoms with Gasteiger partial charge in [0.1, 0.15) is 12.4 Å². The van der Waals surface area contributed by atoms with Gasteiger partial charge in [0.2, 0.25) is 10.0 Å². The zero-order valence-corrected chi connectivity index (χ0v) is 23.1. The monoisotopic (exact) mass is 561 g/mol. The molecule has 0 aliphatic heterocycles. The number of hydrogen-bond acceptors (Lipinski definition) is 5. The predicted octanol–water partition coefficient (Wildman–Crippen LogP) is 5.96. The van der Waals surface area contributed by atoms with Crippen LogP contribution in [0.2, 0.25) is 5.02 Å². The first kappa shape index (κ1) is 27.9. The Bertz CT molecular complexity index is 1540. The standard InChI is InChI=1S/C30H28ClN3O4S/c1-22-3-5-24(6-4-22)20-34(39(2,36)37)28-15-11-26(12-16-28)30(35)33-32-19-23-9-17-29(18-10-23)38-21-25-7-13-27(31)14-8-25/h3-19H,20-21H2,1-2H3,(H,33,35)/b32-19-. The number of halogens is 1. The first-order valence-electron chi connectivity index (χ1n) is 12.1. The van der Waals surface area contributed by atoms with Gasteiger partial charge in [0, 0.05) is 10.6 Å². The van der Waals surface area contributed by atoms with Crippen LogP contribution in [-0.2, 0) is 23.2 Å². The van der Waals surface area contributed by atoms with E-state index >= 15 is 0 Å². The Kier molecular flexibility index (Phi) is 9.01. The molecule has 1 N–H and O–H groups in total. The normalized spacial score (nSPS) is 11.4. The minimum Gasteiger partial charge on any atom is -0.489 e. The average molecular weight is 562 g/mol. The molecule has 4 rings (SSSR count). The van der Waals surface area contributed by atoms with Crippen molar-refractivity contribution >= 4 is 39.4 Å². The quantitative estimate of drug-likeness (QED) is 0.191. The predicted molar refractivity (Wildman–Crippen MR) is 156 cm³/mol. The Morgan fingerprint density at radius 2 is 1.51 bits per heavy atom. The lowest BCUT2D eigenvalue weighted by Gasteiger charge is -2.22. The van der Waals surface area contributed by atoms with Crippen molar-refractivity contribution in [2.24, 2.45) is 5.10 Å². The molecule has 0 atom stereocenters. The maximum Gasteiger partial charge on any atom is 0.271 e. The molecule has 0 aliphatic carbocycles. The van der Waals surface area contributed by atoms with Crippen LogP contribution >= 0.6 is 11.6 Å². The van der Waals surface area contributed by atoms with Crippen molar-refractivity contribution in [2.45, 2.75) is 20.1 Å². The lowest BCUT2D eigenvalue weighted by molar-refractivity contribution is 0.0955. The van der Waals surface area contributed by atoms with E-state index in [-0.39, 0.29) is 6.54 Å². The topological polar surface area (TPSA) is 88.1 Å². The summed E-state index contributed by atoms with van der Waals surface area (Å²) < 4.78 is 32.0. The molecule has 0 spiro atoms. The van der Waals surface area contributed by atoms with Gasteiger partial charge in [-0.15, -0.1) is 0 Å². The fourth-order valence-electron chi connectivity index (χ4n) is 3.67. The maximum absolute atomic E-state index is 12.5. The molecule has 7 nitrogen and oxygen atoms in total. The first-order valence-corrected chi connectivity index (χ1v) is 14.3. The number of nitrogens with zero attached hydrogens (tertiary/aromatic N) is 2. The second-order valence-corrected chi connectivity index (χ2v) is 11.3. The highest BCUT2D eigenvalue weighted by molar-refractivity contribution is 7.92. The summed E-state index contributed by atoms with van der Waals surface area (Å²) in [5.41, 5.74) is 7.07. The second-order valence-electron chi connectivity index (χ2n) is 8.99. The first-order chi connectivity index (χ1) is 18.7. The van der Waals surface area contributed by atoms with E-state index in [2.05, 4.69) is 10.5 Å². The molecule has 0 heterocycles. The van der Waals surface area contributed by atoms with Gasteiger partial charge in [0.05, 0.1) is 24.7 Å². The third kappa shape index (κ3) is 8.17. The number of hydrazone groups is 1. The number of anilines is 1. The number of aryl methyl sites for hydroxylation is 1. The van der Waals surface area contributed by atoms with Gasteiger partial charge in [-0.05, 0) is 84.3 Å². The summed E-state index contributed by atoms with van der Waals surface area (Å²) in [5, 5.41) is 4.70. The van der Waals surface area contributed by atoms with E-state index in [1.165, 1.54) is 10.5 Å². The number of ether oxygens (including phenoxy) is 1. The number of carbonyl (C=O) groups is 1. The highest BCUT2D eigenvalue weighted by Gasteiger charge is 2.18. The van der Waals surface area contributed by atoms with Crippen LogP contribution in [0.4, 0.5) is 5.69 Å². The maximum atomic E-state index is 12.5. The van der Waals surface area contributed by atoms with Crippen molar-refractivity contribution in [1.29, 1.82) is 0 Å². The minimum atomic E-state index is -3.53. The van der Waals surface area contributed by atoms with E-state index in [0.717, 1.165) is 28.5 Å². The van der Waals surface area contributed by atoms with Crippen LogP contribution in [0.1, 0.15) is 32.6 Å². The number of carbonyl (C=O) groups excluding carboxylic acids is 1. The highest BCUT2D eigenvalue weighted by atomic mass is 35.5. The second kappa shape index (κ2) is 12.6. The van der Waals surface area contributed by atoms with Gasteiger partial charge in [-0.3, -0.25) is 9.10 Å². The summed E-state index contributed by atoms with van der Waals surface area (Å²) >= 11 is 5.90. The van der Waals surface area contributed by atoms with Crippen molar-refractivity contribution in [2.75, 3.05) is 10.6 Å². The van der Waals surface area contributed by atoms with Crippen LogP contribution < -0.4 is 14.5 Å². The lowest BCUT2D eigenvalue weighted by Crippen LogP contribution is -2.29. The van der Waals surface area contributed by atoms with Gasteiger partial charge >= 0.3 is 0 Å². The van der Waals surface area contributed by atoms with Gasteiger partial charge in [0.25, 0.3) is 5.91 Å². The minimum absolute atomic E-state index is 0.194. The Morgan fingerprint density at radius 1 is 0.897 bits per heavy atom. The van der Waals surface area contributed by atoms with E-state index in [0.29, 0.717) is 28.6 Å². The molecule has 0 bridgehead atoms. The number of hydrogen-bond donors (Lipinski definition) is 1. The van der Waals surface area contributed by atoms with E-state index in [1.54, 1.807) is 24.3 Å². The van der Waals surface area contributed by atoms with Crippen molar-refractivity contribution < 1.29 is 17.9 Å². The lowest BCUT2D eigenvalue weighted by atomic mass is 10.1. The Morgan fingerprint density at radius 3 is 2.13 bits per heavy atom. The number of rotatable bonds is 10. The van der Waals surface area contributed by atoms with E-state index < -0.39 is 15.9 Å². The molecule has 0 aliphatic rings.